The summed E-state index contributed by atoms with van der Waals surface area (Å²) >= 11 is 0. The third-order valence-electron chi connectivity index (χ3n) is 4.24. The molecular weight excluding hydrogens is 345 g/mol. The fraction of sp³-hybridized carbons (Fsp3) is 0.0476. The van der Waals surface area contributed by atoms with Crippen LogP contribution < -0.4 is 10.1 Å². The molecule has 0 saturated carbocycles. The molecular formula is C21H16FN3O2. The van der Waals surface area contributed by atoms with Gasteiger partial charge in [0.25, 0.3) is 5.91 Å². The van der Waals surface area contributed by atoms with Gasteiger partial charge in [0.2, 0.25) is 0 Å². The van der Waals surface area contributed by atoms with Crippen molar-refractivity contribution in [2.24, 2.45) is 0 Å². The molecule has 0 saturated heterocycles. The topological polar surface area (TPSA) is 56.2 Å². The summed E-state index contributed by atoms with van der Waals surface area (Å²) in [4.78, 5) is 12.8. The van der Waals surface area contributed by atoms with Gasteiger partial charge in [0.15, 0.2) is 11.4 Å². The monoisotopic (exact) mass is 361 g/mol. The number of benzene rings is 3. The molecule has 4 aromatic rings. The van der Waals surface area contributed by atoms with Crippen LogP contribution in [0.2, 0.25) is 0 Å². The number of fused-ring (bicyclic) bond motifs is 1. The second-order valence-corrected chi connectivity index (χ2v) is 5.95. The molecule has 6 heteroatoms. The standard InChI is InChI=1S/C21H16FN3O2/c1-27-19-13-25(16-11-9-15(22)10-12-16)24-20(19)21(26)23-18-8-4-6-14-5-2-3-7-17(14)18/h2-13H,1H3,(H,23,26). The van der Waals surface area contributed by atoms with Crippen LogP contribution in [0.3, 0.4) is 0 Å². The Morgan fingerprint density at radius 2 is 1.78 bits per heavy atom. The Morgan fingerprint density at radius 1 is 1.04 bits per heavy atom. The second-order valence-electron chi connectivity index (χ2n) is 5.95. The van der Waals surface area contributed by atoms with Gasteiger partial charge in [-0.05, 0) is 35.7 Å². The van der Waals surface area contributed by atoms with Crippen molar-refractivity contribution >= 4 is 22.4 Å². The Morgan fingerprint density at radius 3 is 2.56 bits per heavy atom. The Labute approximate surface area is 155 Å². The third-order valence-corrected chi connectivity index (χ3v) is 4.24. The fourth-order valence-electron chi connectivity index (χ4n) is 2.91. The summed E-state index contributed by atoms with van der Waals surface area (Å²) in [6, 6.07) is 19.3. The number of hydrogen-bond acceptors (Lipinski definition) is 3. The molecule has 4 rings (SSSR count). The minimum atomic E-state index is -0.385. The van der Waals surface area contributed by atoms with Crippen LogP contribution in [0.1, 0.15) is 10.5 Å². The normalized spacial score (nSPS) is 10.7. The number of anilines is 1. The van der Waals surface area contributed by atoms with Crippen LogP contribution in [0.25, 0.3) is 16.5 Å². The highest BCUT2D eigenvalue weighted by Crippen LogP contribution is 2.25. The summed E-state index contributed by atoms with van der Waals surface area (Å²) < 4.78 is 19.9. The second kappa shape index (κ2) is 6.92. The number of aromatic nitrogens is 2. The van der Waals surface area contributed by atoms with E-state index in [-0.39, 0.29) is 17.4 Å². The summed E-state index contributed by atoms with van der Waals surface area (Å²) in [7, 11) is 1.47. The molecule has 0 aliphatic heterocycles. The van der Waals surface area contributed by atoms with Crippen LogP contribution in [-0.2, 0) is 0 Å². The Balaban J connectivity index is 1.68. The Kier molecular flexibility index (Phi) is 4.30. The van der Waals surface area contributed by atoms with E-state index < -0.39 is 0 Å². The highest BCUT2D eigenvalue weighted by molar-refractivity contribution is 6.09. The summed E-state index contributed by atoms with van der Waals surface area (Å²) in [6.45, 7) is 0. The quantitative estimate of drug-likeness (QED) is 0.585. The van der Waals surface area contributed by atoms with E-state index in [2.05, 4.69) is 10.4 Å². The largest absolute Gasteiger partial charge is 0.493 e. The Bertz CT molecular complexity index is 1110. The van der Waals surface area contributed by atoms with Crippen molar-refractivity contribution < 1.29 is 13.9 Å². The van der Waals surface area contributed by atoms with Crippen LogP contribution in [0.15, 0.2) is 72.9 Å². The van der Waals surface area contributed by atoms with E-state index in [1.165, 1.54) is 23.9 Å². The lowest BCUT2D eigenvalue weighted by molar-refractivity contribution is 0.101. The van der Waals surface area contributed by atoms with Gasteiger partial charge in [0.05, 0.1) is 19.0 Å². The van der Waals surface area contributed by atoms with Crippen molar-refractivity contribution in [3.05, 3.63) is 84.4 Å². The maximum atomic E-state index is 13.1. The third kappa shape index (κ3) is 3.25. The lowest BCUT2D eigenvalue weighted by atomic mass is 10.1. The molecule has 0 unspecified atom stereocenters. The number of carbonyl (C=O) groups is 1. The van der Waals surface area contributed by atoms with Gasteiger partial charge in [0, 0.05) is 11.1 Å². The summed E-state index contributed by atoms with van der Waals surface area (Å²) in [5, 5.41) is 9.17. The van der Waals surface area contributed by atoms with Gasteiger partial charge in [-0.3, -0.25) is 4.79 Å². The zero-order chi connectivity index (χ0) is 18.8. The van der Waals surface area contributed by atoms with Gasteiger partial charge < -0.3 is 10.1 Å². The minimum absolute atomic E-state index is 0.148. The number of hydrogen-bond donors (Lipinski definition) is 1. The average molecular weight is 361 g/mol. The molecule has 27 heavy (non-hydrogen) atoms. The van der Waals surface area contributed by atoms with Crippen LogP contribution in [0.4, 0.5) is 10.1 Å². The van der Waals surface area contributed by atoms with Gasteiger partial charge in [-0.2, -0.15) is 5.10 Å². The first-order chi connectivity index (χ1) is 13.2. The molecule has 1 heterocycles. The molecule has 0 radical (unpaired) electrons. The first-order valence-corrected chi connectivity index (χ1v) is 8.34. The molecule has 0 atom stereocenters. The van der Waals surface area contributed by atoms with Gasteiger partial charge in [0.1, 0.15) is 5.82 Å². The van der Waals surface area contributed by atoms with Gasteiger partial charge >= 0.3 is 0 Å². The first-order valence-electron chi connectivity index (χ1n) is 8.34. The van der Waals surface area contributed by atoms with E-state index in [9.17, 15) is 9.18 Å². The highest BCUT2D eigenvalue weighted by atomic mass is 19.1. The van der Waals surface area contributed by atoms with E-state index >= 15 is 0 Å². The van der Waals surface area contributed by atoms with Crippen LogP contribution in [-0.4, -0.2) is 22.8 Å². The zero-order valence-electron chi connectivity index (χ0n) is 14.5. The molecule has 1 aromatic heterocycles. The van der Waals surface area contributed by atoms with Crippen LogP contribution in [0, 0.1) is 5.82 Å². The number of nitrogens with zero attached hydrogens (tertiary/aromatic N) is 2. The number of nitrogens with one attached hydrogen (secondary N) is 1. The maximum absolute atomic E-state index is 13.1. The number of rotatable bonds is 4. The van der Waals surface area contributed by atoms with Crippen LogP contribution >= 0.6 is 0 Å². The van der Waals surface area contributed by atoms with E-state index in [1.807, 2.05) is 42.5 Å². The zero-order valence-corrected chi connectivity index (χ0v) is 14.5. The van der Waals surface area contributed by atoms with Crippen molar-refractivity contribution in [2.45, 2.75) is 0 Å². The average Bonchev–Trinajstić information content (AvgIpc) is 3.13. The minimum Gasteiger partial charge on any atom is -0.493 e. The lowest BCUT2D eigenvalue weighted by Gasteiger charge is -2.08. The molecule has 134 valence electrons. The Hall–Kier alpha value is -3.67. The van der Waals surface area contributed by atoms with Gasteiger partial charge in [-0.15, -0.1) is 0 Å². The predicted molar refractivity (Wildman–Crippen MR) is 102 cm³/mol. The number of methoxy groups -OCH3 is 1. The van der Waals surface area contributed by atoms with Gasteiger partial charge in [-0.25, -0.2) is 9.07 Å². The summed E-state index contributed by atoms with van der Waals surface area (Å²) in [6.07, 6.45) is 1.59. The summed E-state index contributed by atoms with van der Waals surface area (Å²) in [5.74, 6) is -0.395. The van der Waals surface area contributed by atoms with E-state index in [4.69, 9.17) is 4.74 Å². The van der Waals surface area contributed by atoms with Crippen molar-refractivity contribution in [3.8, 4) is 11.4 Å². The summed E-state index contributed by atoms with van der Waals surface area (Å²) in [5.41, 5.74) is 1.46. The van der Waals surface area contributed by atoms with Crippen molar-refractivity contribution in [1.82, 2.24) is 9.78 Å². The molecule has 0 aliphatic carbocycles. The number of halogens is 1. The molecule has 0 spiro atoms. The van der Waals surface area contributed by atoms with Crippen molar-refractivity contribution in [3.63, 3.8) is 0 Å². The van der Waals surface area contributed by atoms with E-state index in [0.29, 0.717) is 17.1 Å². The maximum Gasteiger partial charge on any atom is 0.280 e. The molecule has 5 nitrogen and oxygen atoms in total. The number of ether oxygens (including phenoxy) is 1. The highest BCUT2D eigenvalue weighted by Gasteiger charge is 2.19. The van der Waals surface area contributed by atoms with Crippen molar-refractivity contribution in [2.75, 3.05) is 12.4 Å². The molecule has 0 bridgehead atoms. The van der Waals surface area contributed by atoms with Crippen LogP contribution in [0.5, 0.6) is 5.75 Å². The van der Waals surface area contributed by atoms with Crippen molar-refractivity contribution in [1.29, 1.82) is 0 Å². The molecule has 1 amide bonds. The predicted octanol–water partition coefficient (Wildman–Crippen LogP) is 4.43. The molecule has 1 N–H and O–H groups in total. The molecule has 0 fully saturated rings. The number of carbonyl (C=O) groups excluding carboxylic acids is 1. The first kappa shape index (κ1) is 16.8. The van der Waals surface area contributed by atoms with Gasteiger partial charge in [-0.1, -0.05) is 36.4 Å². The van der Waals surface area contributed by atoms with E-state index in [0.717, 1.165) is 10.8 Å². The fourth-order valence-corrected chi connectivity index (χ4v) is 2.91. The van der Waals surface area contributed by atoms with E-state index in [1.54, 1.807) is 18.3 Å². The number of amides is 1. The SMILES string of the molecule is COc1cn(-c2ccc(F)cc2)nc1C(=O)Nc1cccc2ccccc12. The molecule has 0 aliphatic rings. The molecule has 3 aromatic carbocycles. The lowest BCUT2D eigenvalue weighted by Crippen LogP contribution is -2.14. The smallest absolute Gasteiger partial charge is 0.280 e.